The number of halogens is 2. The van der Waals surface area contributed by atoms with Crippen molar-refractivity contribution in [3.63, 3.8) is 0 Å². The van der Waals surface area contributed by atoms with Crippen molar-refractivity contribution < 1.29 is 4.74 Å². The lowest BCUT2D eigenvalue weighted by molar-refractivity contribution is 0.363. The van der Waals surface area contributed by atoms with E-state index in [9.17, 15) is 0 Å². The first-order valence-electron chi connectivity index (χ1n) is 6.44. The largest absolute Gasteiger partial charge is 0.488 e. The van der Waals surface area contributed by atoms with Crippen molar-refractivity contribution in [2.45, 2.75) is 6.92 Å². The predicted molar refractivity (Wildman–Crippen MR) is 90.6 cm³/mol. The molecule has 4 heteroatoms. The fraction of sp³-hybridized carbons (Fsp3) is 0.118. The van der Waals surface area contributed by atoms with Gasteiger partial charge in [-0.25, -0.2) is 0 Å². The highest BCUT2D eigenvalue weighted by Gasteiger charge is 2.02. The van der Waals surface area contributed by atoms with Crippen molar-refractivity contribution in [2.24, 2.45) is 4.99 Å². The zero-order valence-corrected chi connectivity index (χ0v) is 13.2. The Hall–Kier alpha value is -1.77. The van der Waals surface area contributed by atoms with Crippen molar-refractivity contribution in [2.75, 3.05) is 6.61 Å². The normalized spacial score (nSPS) is 10.8. The minimum atomic E-state index is 0.425. The highest BCUT2D eigenvalue weighted by Crippen LogP contribution is 2.27. The zero-order valence-electron chi connectivity index (χ0n) is 11.6. The van der Waals surface area contributed by atoms with E-state index in [0.717, 1.165) is 16.8 Å². The fourth-order valence-corrected chi connectivity index (χ4v) is 2.16. The van der Waals surface area contributed by atoms with E-state index in [4.69, 9.17) is 27.9 Å². The molecule has 0 saturated heterocycles. The van der Waals surface area contributed by atoms with E-state index < -0.39 is 0 Å². The van der Waals surface area contributed by atoms with E-state index in [1.165, 1.54) is 0 Å². The first-order valence-corrected chi connectivity index (χ1v) is 7.20. The summed E-state index contributed by atoms with van der Waals surface area (Å²) in [7, 11) is 0. The second-order valence-corrected chi connectivity index (χ2v) is 5.25. The second-order valence-electron chi connectivity index (χ2n) is 4.43. The van der Waals surface area contributed by atoms with Crippen LogP contribution in [-0.4, -0.2) is 12.8 Å². The molecular weight excluding hydrogens is 305 g/mol. The van der Waals surface area contributed by atoms with Crippen molar-refractivity contribution in [3.05, 3.63) is 70.2 Å². The summed E-state index contributed by atoms with van der Waals surface area (Å²) < 4.78 is 5.43. The summed E-state index contributed by atoms with van der Waals surface area (Å²) in [6.07, 6.45) is 3.43. The van der Waals surface area contributed by atoms with Gasteiger partial charge in [-0.2, -0.15) is 0 Å². The number of rotatable bonds is 5. The Morgan fingerprint density at radius 1 is 1.19 bits per heavy atom. The summed E-state index contributed by atoms with van der Waals surface area (Å²) in [5.74, 6) is 0.632. The van der Waals surface area contributed by atoms with Gasteiger partial charge in [0.15, 0.2) is 0 Å². The third-order valence-corrected chi connectivity index (χ3v) is 3.61. The molecular formula is C17H15Cl2NO. The number of benzene rings is 2. The molecule has 2 aromatic rings. The maximum Gasteiger partial charge on any atom is 0.138 e. The van der Waals surface area contributed by atoms with Crippen LogP contribution < -0.4 is 4.74 Å². The van der Waals surface area contributed by atoms with Gasteiger partial charge in [0, 0.05) is 11.2 Å². The lowest BCUT2D eigenvalue weighted by atomic mass is 10.2. The summed E-state index contributed by atoms with van der Waals surface area (Å²) >= 11 is 12.2. The minimum absolute atomic E-state index is 0.425. The second kappa shape index (κ2) is 7.30. The fourth-order valence-electron chi connectivity index (χ4n) is 1.74. The molecule has 108 valence electrons. The third kappa shape index (κ3) is 4.10. The van der Waals surface area contributed by atoms with Crippen LogP contribution in [0.25, 0.3) is 0 Å². The summed E-state index contributed by atoms with van der Waals surface area (Å²) in [6.45, 7) is 5.97. The molecule has 0 saturated carbocycles. The Morgan fingerprint density at radius 2 is 2.00 bits per heavy atom. The molecule has 21 heavy (non-hydrogen) atoms. The van der Waals surface area contributed by atoms with Crippen LogP contribution in [0.5, 0.6) is 5.75 Å². The first-order chi connectivity index (χ1) is 10.1. The average Bonchev–Trinajstić information content (AvgIpc) is 2.48. The molecule has 0 aliphatic rings. The van der Waals surface area contributed by atoms with Crippen LogP contribution in [0.15, 0.2) is 54.0 Å². The van der Waals surface area contributed by atoms with Gasteiger partial charge in [0.2, 0.25) is 0 Å². The van der Waals surface area contributed by atoms with Crippen molar-refractivity contribution in [1.29, 1.82) is 0 Å². The van der Waals surface area contributed by atoms with E-state index in [1.54, 1.807) is 12.3 Å². The third-order valence-electron chi connectivity index (χ3n) is 2.90. The molecule has 0 aliphatic heterocycles. The summed E-state index contributed by atoms with van der Waals surface area (Å²) in [5, 5.41) is 1.25. The maximum atomic E-state index is 6.16. The number of aliphatic imine (C=N–C) groups is 1. The molecule has 0 amide bonds. The Kier molecular flexibility index (Phi) is 5.43. The summed E-state index contributed by atoms with van der Waals surface area (Å²) in [6, 6.07) is 11.2. The molecule has 0 aromatic heterocycles. The van der Waals surface area contributed by atoms with E-state index in [-0.39, 0.29) is 0 Å². The maximum absolute atomic E-state index is 6.16. The molecule has 0 fully saturated rings. The monoisotopic (exact) mass is 319 g/mol. The molecule has 0 bridgehead atoms. The van der Waals surface area contributed by atoms with Gasteiger partial charge in [-0.15, -0.1) is 0 Å². The van der Waals surface area contributed by atoms with Crippen molar-refractivity contribution in [3.8, 4) is 5.75 Å². The summed E-state index contributed by atoms with van der Waals surface area (Å²) in [4.78, 5) is 4.44. The van der Waals surface area contributed by atoms with E-state index in [1.807, 2.05) is 43.3 Å². The molecule has 2 aromatic carbocycles. The number of hydrogen-bond donors (Lipinski definition) is 0. The quantitative estimate of drug-likeness (QED) is 0.518. The summed E-state index contributed by atoms with van der Waals surface area (Å²) in [5.41, 5.74) is 2.68. The highest BCUT2D eigenvalue weighted by molar-refractivity contribution is 6.32. The van der Waals surface area contributed by atoms with Gasteiger partial charge in [0.25, 0.3) is 0 Å². The van der Waals surface area contributed by atoms with Crippen LogP contribution in [0.4, 0.5) is 5.69 Å². The molecule has 2 nitrogen and oxygen atoms in total. The molecule has 0 atom stereocenters. The molecule has 0 spiro atoms. The predicted octanol–water partition coefficient (Wildman–Crippen LogP) is 5.62. The van der Waals surface area contributed by atoms with Crippen LogP contribution in [-0.2, 0) is 0 Å². The van der Waals surface area contributed by atoms with Gasteiger partial charge in [-0.1, -0.05) is 41.9 Å². The lowest BCUT2D eigenvalue weighted by Crippen LogP contribution is -1.94. The lowest BCUT2D eigenvalue weighted by Gasteiger charge is -2.06. The van der Waals surface area contributed by atoms with E-state index in [0.29, 0.717) is 22.4 Å². The first kappa shape index (κ1) is 15.6. The number of hydrogen-bond acceptors (Lipinski definition) is 2. The van der Waals surface area contributed by atoms with E-state index in [2.05, 4.69) is 11.6 Å². The van der Waals surface area contributed by atoms with Gasteiger partial charge in [0.05, 0.1) is 10.7 Å². The van der Waals surface area contributed by atoms with Crippen LogP contribution in [0.3, 0.4) is 0 Å². The standard InChI is InChI=1S/C17H15Cl2NO/c1-3-9-21-17-8-7-13(10-15(17)19)11-20-16-6-4-5-14(18)12(16)2/h3-8,10-11H,1,9H2,2H3. The van der Waals surface area contributed by atoms with Gasteiger partial charge in [-0.3, -0.25) is 4.99 Å². The zero-order chi connectivity index (χ0) is 15.2. The molecule has 0 N–H and O–H groups in total. The van der Waals surface area contributed by atoms with Gasteiger partial charge in [-0.05, 0) is 48.4 Å². The molecule has 0 aliphatic carbocycles. The van der Waals surface area contributed by atoms with Gasteiger partial charge < -0.3 is 4.74 Å². The minimum Gasteiger partial charge on any atom is -0.488 e. The molecule has 0 radical (unpaired) electrons. The van der Waals surface area contributed by atoms with Gasteiger partial charge in [0.1, 0.15) is 12.4 Å². The SMILES string of the molecule is C=CCOc1ccc(C=Nc2cccc(Cl)c2C)cc1Cl. The molecule has 2 rings (SSSR count). The van der Waals surface area contributed by atoms with Crippen LogP contribution in [0.2, 0.25) is 10.0 Å². The van der Waals surface area contributed by atoms with Crippen molar-refractivity contribution >= 4 is 35.1 Å². The number of nitrogens with zero attached hydrogens (tertiary/aromatic N) is 1. The van der Waals surface area contributed by atoms with Crippen molar-refractivity contribution in [1.82, 2.24) is 0 Å². The Morgan fingerprint density at radius 3 is 2.71 bits per heavy atom. The average molecular weight is 320 g/mol. The smallest absolute Gasteiger partial charge is 0.138 e. The molecule has 0 heterocycles. The highest BCUT2D eigenvalue weighted by atomic mass is 35.5. The Balaban J connectivity index is 2.19. The van der Waals surface area contributed by atoms with E-state index >= 15 is 0 Å². The van der Waals surface area contributed by atoms with Crippen LogP contribution in [0.1, 0.15) is 11.1 Å². The Bertz CT molecular complexity index is 680. The Labute approximate surface area is 134 Å². The van der Waals surface area contributed by atoms with Crippen LogP contribution in [0, 0.1) is 6.92 Å². The number of ether oxygens (including phenoxy) is 1. The topological polar surface area (TPSA) is 21.6 Å². The van der Waals surface area contributed by atoms with Gasteiger partial charge >= 0.3 is 0 Å². The molecule has 0 unspecified atom stereocenters. The van der Waals surface area contributed by atoms with Crippen LogP contribution >= 0.6 is 23.2 Å².